The van der Waals surface area contributed by atoms with Crippen LogP contribution < -0.4 is 5.56 Å². The maximum atomic E-state index is 13.2. The Kier molecular flexibility index (Phi) is 3.35. The molecule has 0 amide bonds. The maximum absolute atomic E-state index is 13.2. The minimum absolute atomic E-state index is 0.0403. The minimum atomic E-state index is -0.295. The predicted octanol–water partition coefficient (Wildman–Crippen LogP) is 3.76. The molecule has 0 unspecified atom stereocenters. The third-order valence-electron chi connectivity index (χ3n) is 3.98. The first-order valence-corrected chi connectivity index (χ1v) is 7.61. The van der Waals surface area contributed by atoms with Gasteiger partial charge >= 0.3 is 0 Å². The summed E-state index contributed by atoms with van der Waals surface area (Å²) in [5, 5.41) is 11.2. The van der Waals surface area contributed by atoms with Crippen LogP contribution in [0.2, 0.25) is 0 Å². The van der Waals surface area contributed by atoms with Crippen molar-refractivity contribution < 1.29 is 5.11 Å². The van der Waals surface area contributed by atoms with E-state index < -0.39 is 0 Å². The highest BCUT2D eigenvalue weighted by Gasteiger charge is 2.19. The second-order valence-corrected chi connectivity index (χ2v) is 5.44. The molecule has 116 valence electrons. The fraction of sp³-hybridized carbons (Fsp3) is 0. The molecule has 0 saturated heterocycles. The molecule has 0 fully saturated rings. The van der Waals surface area contributed by atoms with Gasteiger partial charge in [0.15, 0.2) is 5.65 Å². The molecule has 4 nitrogen and oxygen atoms in total. The number of nitrogens with zero attached hydrogens (tertiary/aromatic N) is 2. The molecule has 0 spiro atoms. The summed E-state index contributed by atoms with van der Waals surface area (Å²) in [6, 6.07) is 22.0. The Bertz CT molecular complexity index is 1070. The third kappa shape index (κ3) is 2.16. The molecule has 0 aliphatic rings. The van der Waals surface area contributed by atoms with E-state index >= 15 is 0 Å². The van der Waals surface area contributed by atoms with Gasteiger partial charge in [-0.1, -0.05) is 48.5 Å². The summed E-state index contributed by atoms with van der Waals surface area (Å²) in [6.07, 6.45) is 1.61. The van der Waals surface area contributed by atoms with Crippen molar-refractivity contribution in [2.45, 2.75) is 0 Å². The van der Waals surface area contributed by atoms with Crippen LogP contribution in [-0.2, 0) is 0 Å². The Balaban J connectivity index is 2.18. The summed E-state index contributed by atoms with van der Waals surface area (Å²) in [4.78, 5) is 17.5. The number of para-hydroxylation sites is 1. The van der Waals surface area contributed by atoms with E-state index in [9.17, 15) is 9.90 Å². The lowest BCUT2D eigenvalue weighted by Gasteiger charge is -2.14. The van der Waals surface area contributed by atoms with E-state index in [0.717, 1.165) is 0 Å². The molecule has 2 aromatic carbocycles. The van der Waals surface area contributed by atoms with Crippen LogP contribution in [0.3, 0.4) is 0 Å². The Morgan fingerprint density at radius 2 is 1.50 bits per heavy atom. The highest BCUT2D eigenvalue weighted by atomic mass is 16.3. The summed E-state index contributed by atoms with van der Waals surface area (Å²) in [7, 11) is 0. The number of aromatic hydroxyl groups is 1. The van der Waals surface area contributed by atoms with Gasteiger partial charge in [-0.3, -0.25) is 9.36 Å². The SMILES string of the molecule is O=c1c(-c2ccccc2)c(O)c2cccnc2n1-c1ccccc1. The second kappa shape index (κ2) is 5.66. The fourth-order valence-electron chi connectivity index (χ4n) is 2.89. The van der Waals surface area contributed by atoms with Crippen molar-refractivity contribution in [1.29, 1.82) is 0 Å². The van der Waals surface area contributed by atoms with Crippen LogP contribution in [0, 0.1) is 0 Å². The Hall–Kier alpha value is -3.40. The monoisotopic (exact) mass is 314 g/mol. The molecule has 0 bridgehead atoms. The maximum Gasteiger partial charge on any atom is 0.268 e. The van der Waals surface area contributed by atoms with E-state index in [2.05, 4.69) is 4.98 Å². The van der Waals surface area contributed by atoms with Gasteiger partial charge in [-0.2, -0.15) is 0 Å². The molecule has 0 radical (unpaired) electrons. The molecule has 24 heavy (non-hydrogen) atoms. The van der Waals surface area contributed by atoms with Crippen molar-refractivity contribution in [3.05, 3.63) is 89.3 Å². The number of fused-ring (bicyclic) bond motifs is 1. The molecule has 4 aromatic rings. The van der Waals surface area contributed by atoms with E-state index in [1.165, 1.54) is 4.57 Å². The molecular formula is C20H14N2O2. The largest absolute Gasteiger partial charge is 0.506 e. The zero-order valence-corrected chi connectivity index (χ0v) is 12.8. The van der Waals surface area contributed by atoms with Gasteiger partial charge in [-0.15, -0.1) is 0 Å². The Labute approximate surface area is 138 Å². The van der Waals surface area contributed by atoms with E-state index in [1.54, 1.807) is 18.3 Å². The summed E-state index contributed by atoms with van der Waals surface area (Å²) in [5.74, 6) is -0.0403. The Morgan fingerprint density at radius 3 is 2.21 bits per heavy atom. The van der Waals surface area contributed by atoms with Crippen LogP contribution in [0.4, 0.5) is 0 Å². The number of aromatic nitrogens is 2. The van der Waals surface area contributed by atoms with Gasteiger partial charge in [0.05, 0.1) is 16.6 Å². The molecule has 2 aromatic heterocycles. The summed E-state index contributed by atoms with van der Waals surface area (Å²) in [6.45, 7) is 0. The van der Waals surface area contributed by atoms with Crippen molar-refractivity contribution in [2.75, 3.05) is 0 Å². The molecule has 4 rings (SSSR count). The van der Waals surface area contributed by atoms with E-state index in [4.69, 9.17) is 0 Å². The van der Waals surface area contributed by atoms with E-state index in [1.807, 2.05) is 60.7 Å². The summed E-state index contributed by atoms with van der Waals surface area (Å²) in [5.41, 5.74) is 1.81. The first-order valence-electron chi connectivity index (χ1n) is 7.61. The minimum Gasteiger partial charge on any atom is -0.506 e. The molecular weight excluding hydrogens is 300 g/mol. The van der Waals surface area contributed by atoms with Gasteiger partial charge in [0.1, 0.15) is 5.75 Å². The van der Waals surface area contributed by atoms with E-state index in [0.29, 0.717) is 22.3 Å². The van der Waals surface area contributed by atoms with Gasteiger partial charge in [-0.25, -0.2) is 4.98 Å². The van der Waals surface area contributed by atoms with Crippen LogP contribution in [0.25, 0.3) is 27.8 Å². The van der Waals surface area contributed by atoms with Crippen molar-refractivity contribution in [3.63, 3.8) is 0 Å². The molecule has 0 aliphatic carbocycles. The highest BCUT2D eigenvalue weighted by Crippen LogP contribution is 2.32. The predicted molar refractivity (Wildman–Crippen MR) is 94.4 cm³/mol. The Morgan fingerprint density at radius 1 is 0.833 bits per heavy atom. The lowest BCUT2D eigenvalue weighted by molar-refractivity contribution is 0.482. The highest BCUT2D eigenvalue weighted by molar-refractivity contribution is 5.91. The average Bonchev–Trinajstić information content (AvgIpc) is 2.64. The lowest BCUT2D eigenvalue weighted by Crippen LogP contribution is -2.21. The fourth-order valence-corrected chi connectivity index (χ4v) is 2.89. The zero-order valence-electron chi connectivity index (χ0n) is 12.8. The van der Waals surface area contributed by atoms with Gasteiger partial charge < -0.3 is 5.11 Å². The van der Waals surface area contributed by atoms with Crippen LogP contribution >= 0.6 is 0 Å². The van der Waals surface area contributed by atoms with Gasteiger partial charge in [0, 0.05) is 6.20 Å². The van der Waals surface area contributed by atoms with Crippen molar-refractivity contribution in [1.82, 2.24) is 9.55 Å². The number of benzene rings is 2. The number of pyridine rings is 2. The number of hydrogen-bond acceptors (Lipinski definition) is 3. The molecule has 2 heterocycles. The standard InChI is InChI=1S/C20H14N2O2/c23-18-16-12-7-13-21-19(16)22(15-10-5-2-6-11-15)20(24)17(18)14-8-3-1-4-9-14/h1-13,23H. The second-order valence-electron chi connectivity index (χ2n) is 5.44. The number of rotatable bonds is 2. The molecule has 4 heteroatoms. The van der Waals surface area contributed by atoms with Crippen LogP contribution in [0.15, 0.2) is 83.8 Å². The van der Waals surface area contributed by atoms with Gasteiger partial charge in [0.25, 0.3) is 5.56 Å². The lowest BCUT2D eigenvalue weighted by atomic mass is 10.0. The van der Waals surface area contributed by atoms with Crippen molar-refractivity contribution in [2.24, 2.45) is 0 Å². The van der Waals surface area contributed by atoms with Crippen molar-refractivity contribution >= 4 is 11.0 Å². The normalized spacial score (nSPS) is 10.8. The van der Waals surface area contributed by atoms with Crippen LogP contribution in [0.1, 0.15) is 0 Å². The molecule has 0 atom stereocenters. The van der Waals surface area contributed by atoms with Gasteiger partial charge in [0.2, 0.25) is 0 Å². The van der Waals surface area contributed by atoms with Crippen LogP contribution in [-0.4, -0.2) is 14.7 Å². The molecule has 0 saturated carbocycles. The first kappa shape index (κ1) is 14.2. The van der Waals surface area contributed by atoms with Crippen LogP contribution in [0.5, 0.6) is 5.75 Å². The molecule has 1 N–H and O–H groups in total. The topological polar surface area (TPSA) is 55.1 Å². The average molecular weight is 314 g/mol. The van der Waals surface area contributed by atoms with E-state index in [-0.39, 0.29) is 16.9 Å². The quantitative estimate of drug-likeness (QED) is 0.613. The smallest absolute Gasteiger partial charge is 0.268 e. The number of hydrogen-bond donors (Lipinski definition) is 1. The third-order valence-corrected chi connectivity index (χ3v) is 3.98. The zero-order chi connectivity index (χ0) is 16.5. The van der Waals surface area contributed by atoms with Gasteiger partial charge in [-0.05, 0) is 29.8 Å². The van der Waals surface area contributed by atoms with Crippen molar-refractivity contribution in [3.8, 4) is 22.6 Å². The first-order chi connectivity index (χ1) is 11.8. The summed E-state index contributed by atoms with van der Waals surface area (Å²) < 4.78 is 1.54. The molecule has 0 aliphatic heterocycles. The summed E-state index contributed by atoms with van der Waals surface area (Å²) >= 11 is 0.